The number of carbonyl (C=O) groups is 1. The Labute approximate surface area is 165 Å². The Morgan fingerprint density at radius 1 is 1.07 bits per heavy atom. The van der Waals surface area contributed by atoms with Crippen LogP contribution in [0.2, 0.25) is 0 Å². The summed E-state index contributed by atoms with van der Waals surface area (Å²) in [7, 11) is -1.88. The summed E-state index contributed by atoms with van der Waals surface area (Å²) in [6.07, 6.45) is 1.14. The zero-order chi connectivity index (χ0) is 20.5. The summed E-state index contributed by atoms with van der Waals surface area (Å²) in [4.78, 5) is 16.5. The second kappa shape index (κ2) is 7.79. The molecule has 1 amide bonds. The fraction of sp³-hybridized carbons (Fsp3) is 0.350. The highest BCUT2D eigenvalue weighted by molar-refractivity contribution is 7.92. The number of hydrogen-bond donors (Lipinski definition) is 0. The van der Waals surface area contributed by atoms with Crippen molar-refractivity contribution >= 4 is 27.3 Å². The number of piperazine rings is 1. The van der Waals surface area contributed by atoms with E-state index in [2.05, 4.69) is 0 Å². The summed E-state index contributed by atoms with van der Waals surface area (Å²) in [6.45, 7) is 3.89. The highest BCUT2D eigenvalue weighted by Crippen LogP contribution is 2.24. The molecule has 8 heteroatoms. The molecule has 2 aromatic rings. The fourth-order valence-electron chi connectivity index (χ4n) is 3.36. The number of carbonyl (C=O) groups excluding carboxylic acids is 1. The number of rotatable bonds is 4. The Kier molecular flexibility index (Phi) is 5.60. The van der Waals surface area contributed by atoms with Crippen molar-refractivity contribution < 1.29 is 17.6 Å². The zero-order valence-corrected chi connectivity index (χ0v) is 17.0. The van der Waals surface area contributed by atoms with Crippen molar-refractivity contribution in [1.82, 2.24) is 4.90 Å². The first kappa shape index (κ1) is 20.1. The van der Waals surface area contributed by atoms with Gasteiger partial charge in [-0.05, 0) is 42.8 Å². The van der Waals surface area contributed by atoms with Crippen LogP contribution in [0.3, 0.4) is 0 Å². The molecular formula is C20H24FN3O3S. The van der Waals surface area contributed by atoms with Crippen LogP contribution in [0.5, 0.6) is 0 Å². The molecule has 1 aliphatic heterocycles. The normalized spacial score (nSPS) is 14.9. The van der Waals surface area contributed by atoms with Gasteiger partial charge in [-0.3, -0.25) is 9.10 Å². The van der Waals surface area contributed by atoms with E-state index in [9.17, 15) is 17.6 Å². The molecule has 6 nitrogen and oxygen atoms in total. The molecule has 1 saturated heterocycles. The van der Waals surface area contributed by atoms with Gasteiger partial charge in [-0.25, -0.2) is 12.8 Å². The van der Waals surface area contributed by atoms with Crippen LogP contribution >= 0.6 is 0 Å². The lowest BCUT2D eigenvalue weighted by atomic mass is 10.1. The van der Waals surface area contributed by atoms with Gasteiger partial charge in [0.05, 0.1) is 17.6 Å². The molecule has 0 aromatic heterocycles. The molecule has 1 aliphatic rings. The maximum atomic E-state index is 14.0. The van der Waals surface area contributed by atoms with E-state index in [-0.39, 0.29) is 11.7 Å². The first-order valence-corrected chi connectivity index (χ1v) is 10.9. The fourth-order valence-corrected chi connectivity index (χ4v) is 3.92. The lowest BCUT2D eigenvalue weighted by Crippen LogP contribution is -2.49. The average molecular weight is 405 g/mol. The number of halogens is 1. The average Bonchev–Trinajstić information content (AvgIpc) is 2.66. The summed E-state index contributed by atoms with van der Waals surface area (Å²) in [6, 6.07) is 11.6. The number of nitrogens with zero attached hydrogens (tertiary/aromatic N) is 3. The predicted molar refractivity (Wildman–Crippen MR) is 109 cm³/mol. The van der Waals surface area contributed by atoms with Crippen LogP contribution < -0.4 is 9.21 Å². The number of anilines is 2. The third-order valence-electron chi connectivity index (χ3n) is 5.04. The Bertz CT molecular complexity index is 986. The van der Waals surface area contributed by atoms with Crippen molar-refractivity contribution in [3.63, 3.8) is 0 Å². The highest BCUT2D eigenvalue weighted by atomic mass is 32.2. The van der Waals surface area contributed by atoms with Gasteiger partial charge in [0.25, 0.3) is 5.91 Å². The largest absolute Gasteiger partial charge is 0.366 e. The molecule has 0 aliphatic carbocycles. The van der Waals surface area contributed by atoms with Crippen LogP contribution in [0.1, 0.15) is 15.9 Å². The van der Waals surface area contributed by atoms with Crippen molar-refractivity contribution in [2.24, 2.45) is 0 Å². The molecule has 0 spiro atoms. The van der Waals surface area contributed by atoms with Crippen molar-refractivity contribution in [3.05, 3.63) is 59.4 Å². The number of sulfonamides is 1. The van der Waals surface area contributed by atoms with Crippen molar-refractivity contribution in [2.45, 2.75) is 6.92 Å². The maximum Gasteiger partial charge on any atom is 0.253 e. The van der Waals surface area contributed by atoms with Gasteiger partial charge in [0, 0.05) is 38.8 Å². The van der Waals surface area contributed by atoms with E-state index >= 15 is 0 Å². The highest BCUT2D eigenvalue weighted by Gasteiger charge is 2.24. The monoisotopic (exact) mass is 405 g/mol. The van der Waals surface area contributed by atoms with E-state index in [1.165, 1.54) is 17.4 Å². The minimum Gasteiger partial charge on any atom is -0.366 e. The van der Waals surface area contributed by atoms with Crippen LogP contribution in [0.25, 0.3) is 0 Å². The minimum absolute atomic E-state index is 0.107. The maximum absolute atomic E-state index is 14.0. The molecule has 0 saturated carbocycles. The van der Waals surface area contributed by atoms with E-state index in [1.54, 1.807) is 48.2 Å². The van der Waals surface area contributed by atoms with Gasteiger partial charge in [-0.2, -0.15) is 0 Å². The summed E-state index contributed by atoms with van der Waals surface area (Å²) < 4.78 is 38.6. The van der Waals surface area contributed by atoms with Gasteiger partial charge >= 0.3 is 0 Å². The van der Waals surface area contributed by atoms with Crippen LogP contribution in [0.15, 0.2) is 42.5 Å². The number of para-hydroxylation sites is 1. The van der Waals surface area contributed by atoms with Crippen molar-refractivity contribution in [2.75, 3.05) is 48.7 Å². The number of aryl methyl sites for hydroxylation is 1. The van der Waals surface area contributed by atoms with Gasteiger partial charge in [0.15, 0.2) is 0 Å². The molecule has 1 heterocycles. The standard InChI is InChI=1S/C20H24FN3O3S/c1-15-14-16(8-9-18(15)22(2)28(3,26)27)20(25)24-12-10-23(11-13-24)19-7-5-4-6-17(19)21/h4-9,14H,10-13H2,1-3H3. The van der Waals surface area contributed by atoms with Crippen LogP contribution in [-0.4, -0.2) is 58.7 Å². The molecular weight excluding hydrogens is 381 g/mol. The Morgan fingerprint density at radius 3 is 2.29 bits per heavy atom. The third-order valence-corrected chi connectivity index (χ3v) is 6.23. The Hall–Kier alpha value is -2.61. The lowest BCUT2D eigenvalue weighted by Gasteiger charge is -2.36. The molecule has 2 aromatic carbocycles. The second-order valence-corrected chi connectivity index (χ2v) is 8.98. The van der Waals surface area contributed by atoms with Gasteiger partial charge in [-0.15, -0.1) is 0 Å². The van der Waals surface area contributed by atoms with Crippen molar-refractivity contribution in [3.8, 4) is 0 Å². The predicted octanol–water partition coefficient (Wildman–Crippen LogP) is 2.49. The van der Waals surface area contributed by atoms with Crippen molar-refractivity contribution in [1.29, 1.82) is 0 Å². The molecule has 0 radical (unpaired) electrons. The summed E-state index contributed by atoms with van der Waals surface area (Å²) in [5.41, 5.74) is 2.33. The zero-order valence-electron chi connectivity index (χ0n) is 16.2. The van der Waals surface area contributed by atoms with E-state index in [4.69, 9.17) is 0 Å². The first-order valence-electron chi connectivity index (χ1n) is 9.02. The number of benzene rings is 2. The van der Waals surface area contributed by atoms with Crippen LogP contribution in [-0.2, 0) is 10.0 Å². The Balaban J connectivity index is 1.70. The second-order valence-electron chi connectivity index (χ2n) is 6.96. The molecule has 28 heavy (non-hydrogen) atoms. The van der Waals surface area contributed by atoms with Crippen LogP contribution in [0, 0.1) is 12.7 Å². The molecule has 0 atom stereocenters. The summed E-state index contributed by atoms with van der Waals surface area (Å²) >= 11 is 0. The number of amides is 1. The van der Waals surface area contributed by atoms with Crippen LogP contribution in [0.4, 0.5) is 15.8 Å². The van der Waals surface area contributed by atoms with Gasteiger partial charge < -0.3 is 9.80 Å². The molecule has 150 valence electrons. The van der Waals surface area contributed by atoms with E-state index in [0.29, 0.717) is 48.7 Å². The molecule has 0 bridgehead atoms. The van der Waals surface area contributed by atoms with E-state index in [1.807, 2.05) is 4.90 Å². The van der Waals surface area contributed by atoms with E-state index in [0.717, 1.165) is 6.26 Å². The smallest absolute Gasteiger partial charge is 0.253 e. The molecule has 0 unspecified atom stereocenters. The van der Waals surface area contributed by atoms with Gasteiger partial charge in [-0.1, -0.05) is 12.1 Å². The Morgan fingerprint density at radius 2 is 1.71 bits per heavy atom. The van der Waals surface area contributed by atoms with Gasteiger partial charge in [0.1, 0.15) is 5.82 Å². The number of hydrogen-bond acceptors (Lipinski definition) is 4. The first-order chi connectivity index (χ1) is 13.2. The topological polar surface area (TPSA) is 60.9 Å². The minimum atomic E-state index is -3.37. The summed E-state index contributed by atoms with van der Waals surface area (Å²) in [5, 5.41) is 0. The molecule has 0 N–H and O–H groups in total. The SMILES string of the molecule is Cc1cc(C(=O)N2CCN(c3ccccc3F)CC2)ccc1N(C)S(C)(=O)=O. The quantitative estimate of drug-likeness (QED) is 0.784. The molecule has 1 fully saturated rings. The molecule has 3 rings (SSSR count). The summed E-state index contributed by atoms with van der Waals surface area (Å²) in [5.74, 6) is -0.367. The van der Waals surface area contributed by atoms with E-state index < -0.39 is 10.0 Å². The lowest BCUT2D eigenvalue weighted by molar-refractivity contribution is 0.0746. The van der Waals surface area contributed by atoms with Gasteiger partial charge in [0.2, 0.25) is 10.0 Å². The third kappa shape index (κ3) is 4.11.